The number of likely N-dealkylation sites (tertiary alicyclic amines) is 1. The molecule has 1 unspecified atom stereocenters. The topological polar surface area (TPSA) is 50.8 Å². The lowest BCUT2D eigenvalue weighted by Crippen LogP contribution is -2.64. The van der Waals surface area contributed by atoms with E-state index < -0.39 is 0 Å². The molecule has 0 aromatic heterocycles. The van der Waals surface area contributed by atoms with E-state index in [-0.39, 0.29) is 12.0 Å². The molecule has 3 heterocycles. The van der Waals surface area contributed by atoms with Gasteiger partial charge in [-0.3, -0.25) is 4.79 Å². The van der Waals surface area contributed by atoms with Crippen molar-refractivity contribution in [2.45, 2.75) is 18.9 Å². The van der Waals surface area contributed by atoms with E-state index in [1.165, 1.54) is 12.8 Å². The van der Waals surface area contributed by atoms with Crippen molar-refractivity contribution in [1.82, 2.24) is 10.2 Å². The van der Waals surface area contributed by atoms with Crippen molar-refractivity contribution in [3.05, 3.63) is 0 Å². The van der Waals surface area contributed by atoms with Crippen LogP contribution in [0.25, 0.3) is 0 Å². The van der Waals surface area contributed by atoms with Crippen LogP contribution in [0.2, 0.25) is 0 Å². The molecule has 0 aliphatic carbocycles. The normalized spacial score (nSPS) is 32.2. The standard InChI is InChI=1S/C12H20N2O3/c15-11(10-7-16-5-6-17-10)14-8-12(9-14)1-3-13-4-2-12/h10,13H,1-9H2. The number of amides is 1. The molecular weight excluding hydrogens is 220 g/mol. The van der Waals surface area contributed by atoms with Crippen molar-refractivity contribution < 1.29 is 14.3 Å². The Balaban J connectivity index is 1.52. The third-order valence-corrected chi connectivity index (χ3v) is 4.12. The summed E-state index contributed by atoms with van der Waals surface area (Å²) in [5.41, 5.74) is 0.399. The van der Waals surface area contributed by atoms with Gasteiger partial charge in [-0.25, -0.2) is 0 Å². The molecule has 3 rings (SSSR count). The molecular formula is C12H20N2O3. The van der Waals surface area contributed by atoms with Gasteiger partial charge in [0.1, 0.15) is 0 Å². The van der Waals surface area contributed by atoms with Crippen LogP contribution in [0.5, 0.6) is 0 Å². The molecule has 5 heteroatoms. The summed E-state index contributed by atoms with van der Waals surface area (Å²) < 4.78 is 10.7. The molecule has 0 radical (unpaired) electrons. The summed E-state index contributed by atoms with van der Waals surface area (Å²) in [4.78, 5) is 14.0. The first kappa shape index (κ1) is 11.4. The minimum atomic E-state index is -0.359. The van der Waals surface area contributed by atoms with Crippen molar-refractivity contribution >= 4 is 5.91 Å². The molecule has 1 atom stereocenters. The van der Waals surface area contributed by atoms with E-state index in [9.17, 15) is 4.79 Å². The smallest absolute Gasteiger partial charge is 0.254 e. The van der Waals surface area contributed by atoms with Crippen LogP contribution in [-0.2, 0) is 14.3 Å². The van der Waals surface area contributed by atoms with Gasteiger partial charge in [0.25, 0.3) is 5.91 Å². The Morgan fingerprint density at radius 3 is 2.65 bits per heavy atom. The highest BCUT2D eigenvalue weighted by atomic mass is 16.6. The fraction of sp³-hybridized carbons (Fsp3) is 0.917. The second kappa shape index (κ2) is 4.55. The zero-order valence-electron chi connectivity index (χ0n) is 10.1. The summed E-state index contributed by atoms with van der Waals surface area (Å²) in [6.07, 6.45) is 2.03. The fourth-order valence-electron chi connectivity index (χ4n) is 3.03. The van der Waals surface area contributed by atoms with Crippen molar-refractivity contribution in [2.75, 3.05) is 46.0 Å². The Hall–Kier alpha value is -0.650. The van der Waals surface area contributed by atoms with Crippen LogP contribution >= 0.6 is 0 Å². The third-order valence-electron chi connectivity index (χ3n) is 4.12. The summed E-state index contributed by atoms with van der Waals surface area (Å²) >= 11 is 0. The van der Waals surface area contributed by atoms with E-state index in [0.717, 1.165) is 26.2 Å². The minimum Gasteiger partial charge on any atom is -0.376 e. The maximum Gasteiger partial charge on any atom is 0.254 e. The van der Waals surface area contributed by atoms with Crippen LogP contribution in [0, 0.1) is 5.41 Å². The van der Waals surface area contributed by atoms with Crippen molar-refractivity contribution in [1.29, 1.82) is 0 Å². The van der Waals surface area contributed by atoms with Gasteiger partial charge in [-0.2, -0.15) is 0 Å². The molecule has 96 valence electrons. The van der Waals surface area contributed by atoms with E-state index in [1.54, 1.807) is 0 Å². The number of carbonyl (C=O) groups is 1. The van der Waals surface area contributed by atoms with Gasteiger partial charge in [-0.15, -0.1) is 0 Å². The Labute approximate surface area is 101 Å². The number of nitrogens with one attached hydrogen (secondary N) is 1. The number of rotatable bonds is 1. The number of nitrogens with zero attached hydrogens (tertiary/aromatic N) is 1. The molecule has 5 nitrogen and oxygen atoms in total. The molecule has 1 spiro atoms. The molecule has 0 bridgehead atoms. The molecule has 0 aromatic carbocycles. The Kier molecular flexibility index (Phi) is 3.06. The number of ether oxygens (including phenoxy) is 2. The molecule has 0 aromatic rings. The van der Waals surface area contributed by atoms with Crippen molar-refractivity contribution in [3.63, 3.8) is 0 Å². The summed E-state index contributed by atoms with van der Waals surface area (Å²) in [5.74, 6) is 0.119. The zero-order chi connectivity index (χ0) is 11.7. The van der Waals surface area contributed by atoms with Gasteiger partial charge in [0, 0.05) is 18.5 Å². The molecule has 1 N–H and O–H groups in total. The lowest BCUT2D eigenvalue weighted by atomic mass is 9.72. The highest BCUT2D eigenvalue weighted by Crippen LogP contribution is 2.38. The summed E-state index contributed by atoms with van der Waals surface area (Å²) in [7, 11) is 0. The third kappa shape index (κ3) is 2.19. The Morgan fingerprint density at radius 2 is 2.00 bits per heavy atom. The molecule has 1 amide bonds. The molecule has 3 aliphatic rings. The van der Waals surface area contributed by atoms with Gasteiger partial charge in [-0.05, 0) is 25.9 Å². The summed E-state index contributed by atoms with van der Waals surface area (Å²) in [6, 6.07) is 0. The first-order chi connectivity index (χ1) is 8.29. The van der Waals surface area contributed by atoms with E-state index in [4.69, 9.17) is 9.47 Å². The fourth-order valence-corrected chi connectivity index (χ4v) is 3.03. The van der Waals surface area contributed by atoms with Gasteiger partial charge in [-0.1, -0.05) is 0 Å². The maximum atomic E-state index is 12.1. The SMILES string of the molecule is O=C(C1COCCO1)N1CC2(CCNCC2)C1. The lowest BCUT2D eigenvalue weighted by molar-refractivity contribution is -0.170. The number of hydrogen-bond acceptors (Lipinski definition) is 4. The quantitative estimate of drug-likeness (QED) is 0.678. The van der Waals surface area contributed by atoms with Crippen LogP contribution < -0.4 is 5.32 Å². The van der Waals surface area contributed by atoms with Gasteiger partial charge in [0.2, 0.25) is 0 Å². The van der Waals surface area contributed by atoms with E-state index in [0.29, 0.717) is 25.2 Å². The van der Waals surface area contributed by atoms with Crippen molar-refractivity contribution in [3.8, 4) is 0 Å². The van der Waals surface area contributed by atoms with E-state index in [2.05, 4.69) is 5.32 Å². The number of carbonyl (C=O) groups excluding carboxylic acids is 1. The Bertz CT molecular complexity index is 288. The van der Waals surface area contributed by atoms with Crippen molar-refractivity contribution in [2.24, 2.45) is 5.41 Å². The highest BCUT2D eigenvalue weighted by Gasteiger charge is 2.46. The molecule has 3 fully saturated rings. The Morgan fingerprint density at radius 1 is 1.24 bits per heavy atom. The first-order valence-electron chi connectivity index (χ1n) is 6.48. The van der Waals surface area contributed by atoms with E-state index >= 15 is 0 Å². The predicted molar refractivity (Wildman–Crippen MR) is 61.7 cm³/mol. The first-order valence-corrected chi connectivity index (χ1v) is 6.48. The van der Waals surface area contributed by atoms with E-state index in [1.807, 2.05) is 4.90 Å². The monoisotopic (exact) mass is 240 g/mol. The molecule has 0 saturated carbocycles. The van der Waals surface area contributed by atoms with Crippen LogP contribution in [0.4, 0.5) is 0 Å². The second-order valence-corrected chi connectivity index (χ2v) is 5.38. The van der Waals surface area contributed by atoms with Gasteiger partial charge < -0.3 is 19.7 Å². The number of piperidine rings is 1. The molecule has 17 heavy (non-hydrogen) atoms. The largest absolute Gasteiger partial charge is 0.376 e. The van der Waals surface area contributed by atoms with Crippen LogP contribution in [0.1, 0.15) is 12.8 Å². The molecule has 3 aliphatic heterocycles. The number of hydrogen-bond donors (Lipinski definition) is 1. The average Bonchev–Trinajstić information content (AvgIpc) is 2.37. The van der Waals surface area contributed by atoms with Gasteiger partial charge in [0.05, 0.1) is 19.8 Å². The second-order valence-electron chi connectivity index (χ2n) is 5.38. The highest BCUT2D eigenvalue weighted by molar-refractivity contribution is 5.82. The minimum absolute atomic E-state index is 0.119. The van der Waals surface area contributed by atoms with Crippen LogP contribution in [-0.4, -0.2) is 62.9 Å². The predicted octanol–water partition coefficient (Wildman–Crippen LogP) is -0.386. The summed E-state index contributed by atoms with van der Waals surface area (Å²) in [6.45, 7) is 5.57. The zero-order valence-corrected chi connectivity index (χ0v) is 10.1. The van der Waals surface area contributed by atoms with Crippen LogP contribution in [0.3, 0.4) is 0 Å². The van der Waals surface area contributed by atoms with Gasteiger partial charge >= 0.3 is 0 Å². The molecule has 3 saturated heterocycles. The lowest BCUT2D eigenvalue weighted by Gasteiger charge is -2.53. The van der Waals surface area contributed by atoms with Gasteiger partial charge in [0.15, 0.2) is 6.10 Å². The summed E-state index contributed by atoms with van der Waals surface area (Å²) in [5, 5.41) is 3.37. The average molecular weight is 240 g/mol. The maximum absolute atomic E-state index is 12.1. The van der Waals surface area contributed by atoms with Crippen LogP contribution in [0.15, 0.2) is 0 Å².